The van der Waals surface area contributed by atoms with Gasteiger partial charge in [-0.25, -0.2) is 9.78 Å². The molecule has 0 saturated heterocycles. The first kappa shape index (κ1) is 18.9. The Morgan fingerprint density at radius 2 is 2.04 bits per heavy atom. The topological polar surface area (TPSA) is 71.5 Å². The van der Waals surface area contributed by atoms with E-state index < -0.39 is 20.2 Å². The van der Waals surface area contributed by atoms with E-state index >= 15 is 0 Å². The highest BCUT2D eigenvalue weighted by molar-refractivity contribution is 6.74. The number of nitrogens with one attached hydrogen (secondary N) is 1. The Morgan fingerprint density at radius 3 is 2.58 bits per heavy atom. The quantitative estimate of drug-likeness (QED) is 0.594. The molecule has 1 aromatic rings. The zero-order chi connectivity index (χ0) is 18.1. The fourth-order valence-electron chi connectivity index (χ4n) is 2.44. The minimum Gasteiger partial charge on any atom is -0.478 e. The number of pyridine rings is 1. The van der Waals surface area contributed by atoms with Crippen LogP contribution in [0.15, 0.2) is 12.1 Å². The minimum absolute atomic E-state index is 0.00243. The maximum absolute atomic E-state index is 13.3. The Labute approximate surface area is 143 Å². The largest absolute Gasteiger partial charge is 0.478 e. The van der Waals surface area contributed by atoms with E-state index in [1.54, 1.807) is 0 Å². The van der Waals surface area contributed by atoms with Gasteiger partial charge >= 0.3 is 5.97 Å². The number of nitrogens with zero attached hydrogens (tertiary/aromatic N) is 1. The molecule has 2 N–H and O–H groups in total. The molecular formula is C17H27FN2O3Si. The van der Waals surface area contributed by atoms with Crippen molar-refractivity contribution >= 4 is 20.1 Å². The molecule has 7 heteroatoms. The summed E-state index contributed by atoms with van der Waals surface area (Å²) in [7, 11) is -1.74. The third-order valence-corrected chi connectivity index (χ3v) is 9.66. The van der Waals surface area contributed by atoms with Crippen molar-refractivity contribution in [3.63, 3.8) is 0 Å². The molecule has 0 unspecified atom stereocenters. The van der Waals surface area contributed by atoms with E-state index in [0.717, 1.165) is 25.5 Å². The number of hydrogen-bond donors (Lipinski definition) is 2. The van der Waals surface area contributed by atoms with E-state index in [9.17, 15) is 9.18 Å². The first-order chi connectivity index (χ1) is 11.0. The fourth-order valence-corrected chi connectivity index (χ4v) is 3.53. The summed E-state index contributed by atoms with van der Waals surface area (Å²) in [4.78, 5) is 14.8. The van der Waals surface area contributed by atoms with Crippen molar-refractivity contribution < 1.29 is 18.7 Å². The van der Waals surface area contributed by atoms with Gasteiger partial charge in [0.25, 0.3) is 0 Å². The molecule has 24 heavy (non-hydrogen) atoms. The van der Waals surface area contributed by atoms with Crippen LogP contribution in [0.1, 0.15) is 44.0 Å². The second-order valence-electron chi connectivity index (χ2n) is 8.09. The van der Waals surface area contributed by atoms with Crippen molar-refractivity contribution in [1.82, 2.24) is 4.98 Å². The summed E-state index contributed by atoms with van der Waals surface area (Å²) in [6, 6.07) is 2.42. The molecule has 1 fully saturated rings. The lowest BCUT2D eigenvalue weighted by molar-refractivity contribution is 0.0697. The Bertz CT molecular complexity index is 610. The number of aromatic nitrogens is 1. The first-order valence-electron chi connectivity index (χ1n) is 8.30. The fraction of sp³-hybridized carbons (Fsp3) is 0.647. The van der Waals surface area contributed by atoms with Gasteiger partial charge < -0.3 is 14.8 Å². The Balaban J connectivity index is 1.86. The molecular weight excluding hydrogens is 327 g/mol. The number of halogens is 1. The zero-order valence-corrected chi connectivity index (χ0v) is 16.0. The lowest BCUT2D eigenvalue weighted by atomic mass is 9.81. The molecule has 0 aliphatic heterocycles. The van der Waals surface area contributed by atoms with Crippen LogP contribution in [-0.2, 0) is 4.43 Å². The summed E-state index contributed by atoms with van der Waals surface area (Å²) >= 11 is 0. The number of anilines is 1. The van der Waals surface area contributed by atoms with Crippen molar-refractivity contribution in [3.05, 3.63) is 23.6 Å². The van der Waals surface area contributed by atoms with E-state index in [1.165, 1.54) is 6.07 Å². The molecule has 0 radical (unpaired) electrons. The molecule has 0 atom stereocenters. The molecule has 0 aromatic carbocycles. The van der Waals surface area contributed by atoms with E-state index in [-0.39, 0.29) is 22.5 Å². The SMILES string of the molecule is CC(C)(C)[Si](C)(C)OCC1CC(Nc2nc(F)ccc2C(=O)O)C1. The first-order valence-corrected chi connectivity index (χ1v) is 11.2. The molecule has 5 nitrogen and oxygen atoms in total. The van der Waals surface area contributed by atoms with Crippen molar-refractivity contribution in [3.8, 4) is 0 Å². The maximum atomic E-state index is 13.3. The Morgan fingerprint density at radius 1 is 1.42 bits per heavy atom. The molecule has 0 spiro atoms. The van der Waals surface area contributed by atoms with Crippen LogP contribution in [0, 0.1) is 11.9 Å². The van der Waals surface area contributed by atoms with Gasteiger partial charge in [0.1, 0.15) is 11.4 Å². The lowest BCUT2D eigenvalue weighted by Crippen LogP contribution is -2.45. The smallest absolute Gasteiger partial charge is 0.339 e. The molecule has 2 rings (SSSR count). The highest BCUT2D eigenvalue weighted by Gasteiger charge is 2.39. The highest BCUT2D eigenvalue weighted by Crippen LogP contribution is 2.38. The number of carboxylic acid groups (broad SMARTS) is 1. The van der Waals surface area contributed by atoms with Gasteiger partial charge in [-0.3, -0.25) is 0 Å². The number of carboxylic acids is 1. The second-order valence-corrected chi connectivity index (χ2v) is 12.9. The average molecular weight is 354 g/mol. The molecule has 1 aliphatic carbocycles. The molecule has 1 saturated carbocycles. The van der Waals surface area contributed by atoms with Crippen LogP contribution >= 0.6 is 0 Å². The van der Waals surface area contributed by atoms with Crippen LogP contribution in [0.2, 0.25) is 18.1 Å². The summed E-state index contributed by atoms with van der Waals surface area (Å²) in [5.41, 5.74) is -0.00243. The zero-order valence-electron chi connectivity index (χ0n) is 15.0. The van der Waals surface area contributed by atoms with E-state index in [4.69, 9.17) is 9.53 Å². The summed E-state index contributed by atoms with van der Waals surface area (Å²) in [5, 5.41) is 12.4. The Kier molecular flexibility index (Phi) is 5.34. The van der Waals surface area contributed by atoms with Gasteiger partial charge in [0.05, 0.1) is 0 Å². The van der Waals surface area contributed by atoms with Gasteiger partial charge in [0.15, 0.2) is 8.32 Å². The van der Waals surface area contributed by atoms with Gasteiger partial charge in [0, 0.05) is 12.6 Å². The van der Waals surface area contributed by atoms with Crippen molar-refractivity contribution in [2.24, 2.45) is 5.92 Å². The van der Waals surface area contributed by atoms with E-state index in [2.05, 4.69) is 44.2 Å². The summed E-state index contributed by atoms with van der Waals surface area (Å²) < 4.78 is 19.5. The third kappa shape index (κ3) is 4.33. The van der Waals surface area contributed by atoms with Gasteiger partial charge in [-0.1, -0.05) is 20.8 Å². The van der Waals surface area contributed by atoms with Crippen LogP contribution in [0.3, 0.4) is 0 Å². The van der Waals surface area contributed by atoms with Gasteiger partial charge in [-0.2, -0.15) is 4.39 Å². The highest BCUT2D eigenvalue weighted by atomic mass is 28.4. The predicted molar refractivity (Wildman–Crippen MR) is 94.4 cm³/mol. The van der Waals surface area contributed by atoms with Crippen LogP contribution in [0.5, 0.6) is 0 Å². The predicted octanol–water partition coefficient (Wildman–Crippen LogP) is 4.13. The van der Waals surface area contributed by atoms with Crippen molar-refractivity contribution in [2.75, 3.05) is 11.9 Å². The summed E-state index contributed by atoms with van der Waals surface area (Å²) in [5.74, 6) is -1.23. The lowest BCUT2D eigenvalue weighted by Gasteiger charge is -2.41. The molecule has 0 amide bonds. The van der Waals surface area contributed by atoms with Gasteiger partial charge in [-0.05, 0) is 49.0 Å². The molecule has 134 valence electrons. The van der Waals surface area contributed by atoms with E-state index in [0.29, 0.717) is 5.92 Å². The van der Waals surface area contributed by atoms with Crippen LogP contribution in [0.4, 0.5) is 10.2 Å². The van der Waals surface area contributed by atoms with Crippen LogP contribution in [0.25, 0.3) is 0 Å². The number of aromatic carboxylic acids is 1. The molecule has 0 bridgehead atoms. The van der Waals surface area contributed by atoms with Crippen LogP contribution < -0.4 is 5.32 Å². The van der Waals surface area contributed by atoms with Crippen molar-refractivity contribution in [2.45, 2.75) is 57.8 Å². The molecule has 1 aliphatic rings. The Hall–Kier alpha value is -1.47. The van der Waals surface area contributed by atoms with Gasteiger partial charge in [0.2, 0.25) is 5.95 Å². The van der Waals surface area contributed by atoms with E-state index in [1.807, 2.05) is 0 Å². The number of carbonyl (C=O) groups is 1. The van der Waals surface area contributed by atoms with Crippen LogP contribution in [-0.4, -0.2) is 37.0 Å². The van der Waals surface area contributed by atoms with Gasteiger partial charge in [-0.15, -0.1) is 0 Å². The number of hydrogen-bond acceptors (Lipinski definition) is 4. The normalized spacial score (nSPS) is 21.2. The third-order valence-electron chi connectivity index (χ3n) is 5.15. The number of rotatable bonds is 6. The summed E-state index contributed by atoms with van der Waals surface area (Å²) in [6.45, 7) is 11.8. The molecule has 1 heterocycles. The standard InChI is InChI=1S/C17H27FN2O3Si/c1-17(2,3)24(4,5)23-10-11-8-12(9-11)19-15-13(16(21)22)6-7-14(18)20-15/h6-7,11-12H,8-10H2,1-5H3,(H,19,20)(H,21,22). The molecule has 1 aromatic heterocycles. The van der Waals surface area contributed by atoms with Crippen molar-refractivity contribution in [1.29, 1.82) is 0 Å². The minimum atomic E-state index is -1.74. The maximum Gasteiger partial charge on any atom is 0.339 e. The second kappa shape index (κ2) is 6.80. The average Bonchev–Trinajstić information content (AvgIpc) is 2.39. The summed E-state index contributed by atoms with van der Waals surface area (Å²) in [6.07, 6.45) is 1.76. The monoisotopic (exact) mass is 354 g/mol.